The van der Waals surface area contributed by atoms with Crippen LogP contribution in [0.4, 0.5) is 5.69 Å². The summed E-state index contributed by atoms with van der Waals surface area (Å²) in [6, 6.07) is 7.27. The Balaban J connectivity index is 0.00000288. The van der Waals surface area contributed by atoms with Gasteiger partial charge in [-0.15, -0.1) is 12.4 Å². The number of nitrogens with two attached hydrogens (primary N) is 1. The van der Waals surface area contributed by atoms with Crippen LogP contribution in [-0.4, -0.2) is 12.5 Å². The zero-order valence-electron chi connectivity index (χ0n) is 14.3. The van der Waals surface area contributed by atoms with Crippen LogP contribution in [0.3, 0.4) is 0 Å². The van der Waals surface area contributed by atoms with Crippen molar-refractivity contribution >= 4 is 24.0 Å². The Morgan fingerprint density at radius 2 is 2.08 bits per heavy atom. The smallest absolute Gasteiger partial charge is 0.258 e. The minimum absolute atomic E-state index is 0. The molecule has 1 aromatic carbocycles. The lowest BCUT2D eigenvalue weighted by molar-refractivity contribution is 0.102. The molecular formula is C18H25ClN2O3. The average molecular weight is 353 g/mol. The molecule has 0 spiro atoms. The topological polar surface area (TPSA) is 77.5 Å². The summed E-state index contributed by atoms with van der Waals surface area (Å²) in [6.45, 7) is 7.24. The van der Waals surface area contributed by atoms with Crippen LogP contribution in [0.5, 0.6) is 5.75 Å². The SMILES string of the molecule is Cc1ccc(NC(=O)c2coc(CN)c2)cc1OCCC(C)C.Cl. The van der Waals surface area contributed by atoms with Gasteiger partial charge in [0.05, 0.1) is 18.7 Å². The second-order valence-electron chi connectivity index (χ2n) is 5.97. The van der Waals surface area contributed by atoms with Gasteiger partial charge in [0.1, 0.15) is 17.8 Å². The third-order valence-electron chi connectivity index (χ3n) is 3.52. The van der Waals surface area contributed by atoms with Crippen molar-refractivity contribution in [1.82, 2.24) is 0 Å². The monoisotopic (exact) mass is 352 g/mol. The van der Waals surface area contributed by atoms with Gasteiger partial charge < -0.3 is 20.2 Å². The van der Waals surface area contributed by atoms with E-state index in [0.29, 0.717) is 29.5 Å². The Morgan fingerprint density at radius 1 is 1.33 bits per heavy atom. The summed E-state index contributed by atoms with van der Waals surface area (Å²) >= 11 is 0. The first-order chi connectivity index (χ1) is 11.0. The van der Waals surface area contributed by atoms with E-state index in [0.717, 1.165) is 17.7 Å². The number of nitrogens with one attached hydrogen (secondary N) is 1. The van der Waals surface area contributed by atoms with Gasteiger partial charge in [-0.2, -0.15) is 0 Å². The summed E-state index contributed by atoms with van der Waals surface area (Å²) in [7, 11) is 0. The van der Waals surface area contributed by atoms with Crippen LogP contribution in [-0.2, 0) is 6.54 Å². The number of amides is 1. The largest absolute Gasteiger partial charge is 0.493 e. The van der Waals surface area contributed by atoms with E-state index in [2.05, 4.69) is 19.2 Å². The number of carbonyl (C=O) groups is 1. The number of aryl methyl sites for hydroxylation is 1. The quantitative estimate of drug-likeness (QED) is 0.784. The van der Waals surface area contributed by atoms with Gasteiger partial charge in [0.2, 0.25) is 0 Å². The summed E-state index contributed by atoms with van der Waals surface area (Å²) < 4.78 is 11.0. The van der Waals surface area contributed by atoms with Gasteiger partial charge in [-0.25, -0.2) is 0 Å². The van der Waals surface area contributed by atoms with Crippen LogP contribution >= 0.6 is 12.4 Å². The summed E-state index contributed by atoms with van der Waals surface area (Å²) in [5, 5.41) is 2.84. The molecule has 1 amide bonds. The molecule has 24 heavy (non-hydrogen) atoms. The molecule has 1 aromatic heterocycles. The molecule has 0 bridgehead atoms. The summed E-state index contributed by atoms with van der Waals surface area (Å²) in [5.41, 5.74) is 7.66. The maximum atomic E-state index is 12.2. The minimum Gasteiger partial charge on any atom is -0.493 e. The molecule has 0 fully saturated rings. The number of rotatable bonds is 7. The average Bonchev–Trinajstić information content (AvgIpc) is 2.99. The van der Waals surface area contributed by atoms with E-state index in [9.17, 15) is 4.79 Å². The molecule has 0 aliphatic heterocycles. The Kier molecular flexibility index (Phi) is 7.82. The molecule has 0 saturated heterocycles. The first-order valence-electron chi connectivity index (χ1n) is 7.82. The molecule has 3 N–H and O–H groups in total. The number of hydrogen-bond acceptors (Lipinski definition) is 4. The molecule has 2 rings (SSSR count). The highest BCUT2D eigenvalue weighted by Crippen LogP contribution is 2.24. The second kappa shape index (κ2) is 9.35. The van der Waals surface area contributed by atoms with Crippen LogP contribution in [0, 0.1) is 12.8 Å². The van der Waals surface area contributed by atoms with E-state index < -0.39 is 0 Å². The van der Waals surface area contributed by atoms with Crippen molar-refractivity contribution in [2.24, 2.45) is 11.7 Å². The van der Waals surface area contributed by atoms with Gasteiger partial charge in [-0.05, 0) is 37.0 Å². The van der Waals surface area contributed by atoms with Crippen LogP contribution in [0.15, 0.2) is 34.9 Å². The molecule has 0 saturated carbocycles. The molecule has 1 heterocycles. The molecule has 2 aromatic rings. The van der Waals surface area contributed by atoms with Crippen molar-refractivity contribution in [2.45, 2.75) is 33.7 Å². The molecule has 0 aliphatic rings. The first kappa shape index (κ1) is 20.1. The normalized spacial score (nSPS) is 10.4. The maximum Gasteiger partial charge on any atom is 0.258 e. The molecule has 132 valence electrons. The lowest BCUT2D eigenvalue weighted by Crippen LogP contribution is -2.11. The van der Waals surface area contributed by atoms with Crippen LogP contribution in [0.2, 0.25) is 0 Å². The number of carbonyl (C=O) groups excluding carboxylic acids is 1. The number of benzene rings is 1. The fourth-order valence-corrected chi connectivity index (χ4v) is 2.05. The third-order valence-corrected chi connectivity index (χ3v) is 3.52. The van der Waals surface area contributed by atoms with Crippen molar-refractivity contribution in [3.63, 3.8) is 0 Å². The van der Waals surface area contributed by atoms with Gasteiger partial charge >= 0.3 is 0 Å². The molecule has 6 heteroatoms. The molecule has 0 aliphatic carbocycles. The number of anilines is 1. The van der Waals surface area contributed by atoms with Gasteiger partial charge in [-0.3, -0.25) is 4.79 Å². The van der Waals surface area contributed by atoms with E-state index in [1.165, 1.54) is 6.26 Å². The lowest BCUT2D eigenvalue weighted by Gasteiger charge is -2.12. The van der Waals surface area contributed by atoms with Crippen LogP contribution < -0.4 is 15.8 Å². The first-order valence-corrected chi connectivity index (χ1v) is 7.82. The van der Waals surface area contributed by atoms with Gasteiger partial charge in [0, 0.05) is 11.8 Å². The molecular weight excluding hydrogens is 328 g/mol. The summed E-state index contributed by atoms with van der Waals surface area (Å²) in [4.78, 5) is 12.2. The summed E-state index contributed by atoms with van der Waals surface area (Å²) in [5.74, 6) is 1.73. The Bertz CT molecular complexity index is 668. The Morgan fingerprint density at radius 3 is 2.71 bits per heavy atom. The van der Waals surface area contributed by atoms with E-state index in [4.69, 9.17) is 14.9 Å². The molecule has 5 nitrogen and oxygen atoms in total. The van der Waals surface area contributed by atoms with Gasteiger partial charge in [-0.1, -0.05) is 19.9 Å². The fourth-order valence-electron chi connectivity index (χ4n) is 2.05. The molecule has 0 atom stereocenters. The highest BCUT2D eigenvalue weighted by molar-refractivity contribution is 6.04. The number of ether oxygens (including phenoxy) is 1. The second-order valence-corrected chi connectivity index (χ2v) is 5.97. The summed E-state index contributed by atoms with van der Waals surface area (Å²) in [6.07, 6.45) is 2.40. The van der Waals surface area contributed by atoms with Crippen molar-refractivity contribution in [3.8, 4) is 5.75 Å². The van der Waals surface area contributed by atoms with Crippen molar-refractivity contribution < 1.29 is 13.9 Å². The van der Waals surface area contributed by atoms with E-state index >= 15 is 0 Å². The Labute approximate surface area is 149 Å². The van der Waals surface area contributed by atoms with Crippen molar-refractivity contribution in [1.29, 1.82) is 0 Å². The molecule has 0 radical (unpaired) electrons. The van der Waals surface area contributed by atoms with E-state index in [1.54, 1.807) is 6.07 Å². The maximum absolute atomic E-state index is 12.2. The highest BCUT2D eigenvalue weighted by atomic mass is 35.5. The minimum atomic E-state index is -0.231. The standard InChI is InChI=1S/C18H24N2O3.ClH/c1-12(2)6-7-22-17-9-15(5-4-13(17)3)20-18(21)14-8-16(10-19)23-11-14;/h4-5,8-9,11-12H,6-7,10,19H2,1-3H3,(H,20,21);1H. The number of hydrogen-bond donors (Lipinski definition) is 2. The third kappa shape index (κ3) is 5.58. The van der Waals surface area contributed by atoms with E-state index in [1.807, 2.05) is 25.1 Å². The predicted molar refractivity (Wildman–Crippen MR) is 97.9 cm³/mol. The van der Waals surface area contributed by atoms with Gasteiger partial charge in [0.15, 0.2) is 0 Å². The van der Waals surface area contributed by atoms with E-state index in [-0.39, 0.29) is 24.9 Å². The predicted octanol–water partition coefficient (Wildman–Crippen LogP) is 4.15. The van der Waals surface area contributed by atoms with Crippen LogP contribution in [0.25, 0.3) is 0 Å². The molecule has 0 unspecified atom stereocenters. The number of furan rings is 1. The van der Waals surface area contributed by atoms with Crippen molar-refractivity contribution in [2.75, 3.05) is 11.9 Å². The van der Waals surface area contributed by atoms with Crippen LogP contribution in [0.1, 0.15) is 41.9 Å². The van der Waals surface area contributed by atoms with Gasteiger partial charge in [0.25, 0.3) is 5.91 Å². The highest BCUT2D eigenvalue weighted by Gasteiger charge is 2.11. The zero-order valence-corrected chi connectivity index (χ0v) is 15.1. The zero-order chi connectivity index (χ0) is 16.8. The Hall–Kier alpha value is -1.98. The van der Waals surface area contributed by atoms with Crippen molar-refractivity contribution in [3.05, 3.63) is 47.4 Å². The lowest BCUT2D eigenvalue weighted by atomic mass is 10.1. The number of halogens is 1. The fraction of sp³-hybridized carbons (Fsp3) is 0.389.